The topological polar surface area (TPSA) is 40.7 Å². The van der Waals surface area contributed by atoms with Gasteiger partial charge in [-0.25, -0.2) is 4.98 Å². The Balaban J connectivity index is 1.72. The van der Waals surface area contributed by atoms with Crippen LogP contribution in [-0.2, 0) is 0 Å². The van der Waals surface area contributed by atoms with Gasteiger partial charge in [0.25, 0.3) is 0 Å². The molecule has 0 amide bonds. The van der Waals surface area contributed by atoms with Crippen LogP contribution in [0.15, 0.2) is 52.7 Å². The SMILES string of the molecule is CC(Nc1ccc(-c2cnc[nH]2)cc1)c1cc(Br)cs1. The van der Waals surface area contributed by atoms with E-state index in [1.807, 2.05) is 6.20 Å². The van der Waals surface area contributed by atoms with E-state index < -0.39 is 0 Å². The first-order chi connectivity index (χ1) is 9.72. The van der Waals surface area contributed by atoms with Crippen molar-refractivity contribution in [3.63, 3.8) is 0 Å². The van der Waals surface area contributed by atoms with Crippen LogP contribution in [0.1, 0.15) is 17.8 Å². The molecule has 2 N–H and O–H groups in total. The number of aromatic nitrogens is 2. The fourth-order valence-corrected chi connectivity index (χ4v) is 3.49. The van der Waals surface area contributed by atoms with E-state index in [0.29, 0.717) is 6.04 Å². The summed E-state index contributed by atoms with van der Waals surface area (Å²) in [5, 5.41) is 5.61. The molecule has 0 aliphatic rings. The lowest BCUT2D eigenvalue weighted by Gasteiger charge is -2.13. The predicted octanol–water partition coefficient (Wildman–Crippen LogP) is 5.07. The van der Waals surface area contributed by atoms with Gasteiger partial charge in [0.1, 0.15) is 0 Å². The lowest BCUT2D eigenvalue weighted by Crippen LogP contribution is -2.04. The average molecular weight is 348 g/mol. The number of hydrogen-bond acceptors (Lipinski definition) is 3. The largest absolute Gasteiger partial charge is 0.378 e. The van der Waals surface area contributed by atoms with Gasteiger partial charge < -0.3 is 10.3 Å². The van der Waals surface area contributed by atoms with Gasteiger partial charge >= 0.3 is 0 Å². The van der Waals surface area contributed by atoms with Crippen molar-refractivity contribution in [3.05, 3.63) is 57.6 Å². The number of aromatic amines is 1. The van der Waals surface area contributed by atoms with E-state index in [1.54, 1.807) is 17.7 Å². The van der Waals surface area contributed by atoms with Gasteiger partial charge in [-0.05, 0) is 46.6 Å². The summed E-state index contributed by atoms with van der Waals surface area (Å²) in [6, 6.07) is 10.8. The number of nitrogens with one attached hydrogen (secondary N) is 2. The van der Waals surface area contributed by atoms with Crippen molar-refractivity contribution in [1.29, 1.82) is 0 Å². The number of anilines is 1. The number of hydrogen-bond donors (Lipinski definition) is 2. The van der Waals surface area contributed by atoms with Crippen LogP contribution in [0.2, 0.25) is 0 Å². The zero-order valence-corrected chi connectivity index (χ0v) is 13.3. The van der Waals surface area contributed by atoms with Crippen LogP contribution in [0.25, 0.3) is 11.3 Å². The van der Waals surface area contributed by atoms with E-state index in [0.717, 1.165) is 21.4 Å². The van der Waals surface area contributed by atoms with Crippen molar-refractivity contribution in [2.75, 3.05) is 5.32 Å². The lowest BCUT2D eigenvalue weighted by molar-refractivity contribution is 0.908. The first-order valence-electron chi connectivity index (χ1n) is 6.31. The molecule has 0 aliphatic heterocycles. The molecule has 0 aliphatic carbocycles. The normalized spacial score (nSPS) is 12.3. The number of halogens is 1. The van der Waals surface area contributed by atoms with E-state index in [9.17, 15) is 0 Å². The average Bonchev–Trinajstić information content (AvgIpc) is 3.10. The van der Waals surface area contributed by atoms with E-state index in [4.69, 9.17) is 0 Å². The molecule has 3 rings (SSSR count). The quantitative estimate of drug-likeness (QED) is 0.691. The van der Waals surface area contributed by atoms with Crippen molar-refractivity contribution >= 4 is 33.0 Å². The summed E-state index contributed by atoms with van der Waals surface area (Å²) >= 11 is 5.25. The molecule has 1 unspecified atom stereocenters. The van der Waals surface area contributed by atoms with Crippen LogP contribution in [0.5, 0.6) is 0 Å². The Hall–Kier alpha value is -1.59. The molecule has 102 valence electrons. The first-order valence-corrected chi connectivity index (χ1v) is 7.99. The van der Waals surface area contributed by atoms with Gasteiger partial charge in [0.2, 0.25) is 0 Å². The van der Waals surface area contributed by atoms with Crippen LogP contribution in [0.4, 0.5) is 5.69 Å². The summed E-state index contributed by atoms with van der Waals surface area (Å²) < 4.78 is 1.14. The standard InChI is InChI=1S/C15H14BrN3S/c1-10(15-6-12(16)8-20-15)19-13-4-2-11(3-5-13)14-7-17-9-18-14/h2-10,19H,1H3,(H,17,18). The van der Waals surface area contributed by atoms with Gasteiger partial charge in [-0.15, -0.1) is 11.3 Å². The third kappa shape index (κ3) is 2.94. The molecule has 0 saturated heterocycles. The second-order valence-electron chi connectivity index (χ2n) is 4.58. The van der Waals surface area contributed by atoms with E-state index in [1.165, 1.54) is 4.88 Å². The van der Waals surface area contributed by atoms with E-state index >= 15 is 0 Å². The van der Waals surface area contributed by atoms with E-state index in [-0.39, 0.29) is 0 Å². The zero-order valence-electron chi connectivity index (χ0n) is 10.9. The first kappa shape index (κ1) is 13.4. The van der Waals surface area contributed by atoms with Crippen LogP contribution in [0.3, 0.4) is 0 Å². The third-order valence-electron chi connectivity index (χ3n) is 3.09. The van der Waals surface area contributed by atoms with Gasteiger partial charge in [0.15, 0.2) is 0 Å². The van der Waals surface area contributed by atoms with Crippen molar-refractivity contribution in [2.24, 2.45) is 0 Å². The molecule has 1 atom stereocenters. The zero-order chi connectivity index (χ0) is 13.9. The molecule has 0 spiro atoms. The van der Waals surface area contributed by atoms with Crippen molar-refractivity contribution in [2.45, 2.75) is 13.0 Å². The maximum atomic E-state index is 4.04. The minimum absolute atomic E-state index is 0.296. The van der Waals surface area contributed by atoms with Gasteiger partial charge in [-0.2, -0.15) is 0 Å². The Bertz CT molecular complexity index is 673. The molecule has 5 heteroatoms. The summed E-state index contributed by atoms with van der Waals surface area (Å²) in [6.07, 6.45) is 3.52. The molecular weight excluding hydrogens is 334 g/mol. The molecule has 3 nitrogen and oxygen atoms in total. The second-order valence-corrected chi connectivity index (χ2v) is 6.43. The van der Waals surface area contributed by atoms with Gasteiger partial charge in [0, 0.05) is 20.4 Å². The van der Waals surface area contributed by atoms with Crippen LogP contribution in [0, 0.1) is 0 Å². The second kappa shape index (κ2) is 5.81. The maximum Gasteiger partial charge on any atom is 0.0924 e. The minimum Gasteiger partial charge on any atom is -0.378 e. The van der Waals surface area contributed by atoms with Gasteiger partial charge in [0.05, 0.1) is 24.3 Å². The number of nitrogens with zero attached hydrogens (tertiary/aromatic N) is 1. The molecule has 0 fully saturated rings. The van der Waals surface area contributed by atoms with E-state index in [2.05, 4.69) is 73.9 Å². The third-order valence-corrected chi connectivity index (χ3v) is 4.97. The molecule has 0 bridgehead atoms. The molecule has 20 heavy (non-hydrogen) atoms. The Morgan fingerprint density at radius 2 is 2.10 bits per heavy atom. The Morgan fingerprint density at radius 1 is 1.30 bits per heavy atom. The molecule has 0 radical (unpaired) electrons. The fraction of sp³-hybridized carbons (Fsp3) is 0.133. The highest BCUT2D eigenvalue weighted by molar-refractivity contribution is 9.10. The molecule has 2 heterocycles. The van der Waals surface area contributed by atoms with Crippen LogP contribution < -0.4 is 5.32 Å². The Kier molecular flexibility index (Phi) is 3.89. The molecular formula is C15H14BrN3S. The summed E-state index contributed by atoms with van der Waals surface area (Å²) in [5.41, 5.74) is 3.29. The highest BCUT2D eigenvalue weighted by atomic mass is 79.9. The fourth-order valence-electron chi connectivity index (χ4n) is 2.04. The minimum atomic E-state index is 0.296. The summed E-state index contributed by atoms with van der Waals surface area (Å²) in [6.45, 7) is 2.17. The molecule has 1 aromatic carbocycles. The molecule has 0 saturated carbocycles. The smallest absolute Gasteiger partial charge is 0.0924 e. The van der Waals surface area contributed by atoms with Crippen LogP contribution >= 0.6 is 27.3 Å². The highest BCUT2D eigenvalue weighted by Gasteiger charge is 2.08. The Morgan fingerprint density at radius 3 is 2.70 bits per heavy atom. The summed E-state index contributed by atoms with van der Waals surface area (Å²) in [7, 11) is 0. The van der Waals surface area contributed by atoms with Crippen molar-refractivity contribution in [1.82, 2.24) is 9.97 Å². The Labute approximate surface area is 130 Å². The number of imidazole rings is 1. The van der Waals surface area contributed by atoms with Crippen molar-refractivity contribution in [3.8, 4) is 11.3 Å². The summed E-state index contributed by atoms with van der Waals surface area (Å²) in [4.78, 5) is 8.46. The van der Waals surface area contributed by atoms with Gasteiger partial charge in [-0.1, -0.05) is 12.1 Å². The predicted molar refractivity (Wildman–Crippen MR) is 88.1 cm³/mol. The van der Waals surface area contributed by atoms with Gasteiger partial charge in [-0.3, -0.25) is 0 Å². The molecule has 2 aromatic heterocycles. The number of H-pyrrole nitrogens is 1. The summed E-state index contributed by atoms with van der Waals surface area (Å²) in [5.74, 6) is 0. The maximum absolute atomic E-state index is 4.04. The highest BCUT2D eigenvalue weighted by Crippen LogP contribution is 2.28. The van der Waals surface area contributed by atoms with Crippen molar-refractivity contribution < 1.29 is 0 Å². The lowest BCUT2D eigenvalue weighted by atomic mass is 10.1. The number of thiophene rings is 1. The number of benzene rings is 1. The monoisotopic (exact) mass is 347 g/mol. The van der Waals surface area contributed by atoms with Crippen LogP contribution in [-0.4, -0.2) is 9.97 Å². The number of rotatable bonds is 4. The molecule has 3 aromatic rings.